The molecule has 5 nitrogen and oxygen atoms in total. The van der Waals surface area contributed by atoms with Crippen molar-refractivity contribution in [2.24, 2.45) is 7.05 Å². The smallest absolute Gasteiger partial charge is 0.269 e. The highest BCUT2D eigenvalue weighted by molar-refractivity contribution is 7.07. The van der Waals surface area contributed by atoms with Crippen LogP contribution in [0.2, 0.25) is 0 Å². The number of aliphatic hydroxyl groups excluding tert-OH is 1. The Morgan fingerprint density at radius 1 is 1.67 bits per heavy atom. The molecule has 0 saturated carbocycles. The summed E-state index contributed by atoms with van der Waals surface area (Å²) in [5.41, 5.74) is 2.10. The van der Waals surface area contributed by atoms with Crippen LogP contribution < -0.4 is 5.32 Å². The highest BCUT2D eigenvalue weighted by Gasteiger charge is 2.14. The first-order chi connectivity index (χ1) is 8.58. The van der Waals surface area contributed by atoms with E-state index in [0.717, 1.165) is 11.3 Å². The van der Waals surface area contributed by atoms with Gasteiger partial charge in [-0.15, -0.1) is 0 Å². The molecule has 0 saturated heterocycles. The summed E-state index contributed by atoms with van der Waals surface area (Å²) in [6.07, 6.45) is -0.672. The largest absolute Gasteiger partial charge is 0.387 e. The van der Waals surface area contributed by atoms with Crippen molar-refractivity contribution in [3.8, 4) is 0 Å². The van der Waals surface area contributed by atoms with E-state index in [-0.39, 0.29) is 12.5 Å². The van der Waals surface area contributed by atoms with Crippen molar-refractivity contribution in [1.29, 1.82) is 0 Å². The van der Waals surface area contributed by atoms with Crippen LogP contribution in [0.1, 0.15) is 27.8 Å². The molecule has 0 aliphatic rings. The molecule has 0 bridgehead atoms. The molecule has 1 unspecified atom stereocenters. The van der Waals surface area contributed by atoms with Crippen LogP contribution in [0, 0.1) is 6.92 Å². The number of nitrogens with one attached hydrogen (secondary N) is 1. The Balaban J connectivity index is 1.94. The third-order valence-electron chi connectivity index (χ3n) is 2.62. The molecule has 2 aromatic rings. The zero-order valence-corrected chi connectivity index (χ0v) is 11.1. The van der Waals surface area contributed by atoms with Crippen molar-refractivity contribution in [2.75, 3.05) is 6.54 Å². The van der Waals surface area contributed by atoms with Crippen molar-refractivity contribution in [2.45, 2.75) is 13.0 Å². The molecule has 2 rings (SSSR count). The maximum Gasteiger partial charge on any atom is 0.269 e. The van der Waals surface area contributed by atoms with E-state index in [1.807, 2.05) is 23.8 Å². The lowest BCUT2D eigenvalue weighted by Crippen LogP contribution is -2.29. The lowest BCUT2D eigenvalue weighted by atomic mass is 10.2. The first-order valence-corrected chi connectivity index (χ1v) is 6.51. The van der Waals surface area contributed by atoms with E-state index in [0.29, 0.717) is 5.69 Å². The minimum atomic E-state index is -0.672. The Kier molecular flexibility index (Phi) is 3.78. The van der Waals surface area contributed by atoms with Gasteiger partial charge in [0.05, 0.1) is 11.8 Å². The minimum Gasteiger partial charge on any atom is -0.387 e. The van der Waals surface area contributed by atoms with Crippen LogP contribution in [-0.2, 0) is 7.05 Å². The zero-order valence-electron chi connectivity index (χ0n) is 10.3. The second kappa shape index (κ2) is 5.32. The molecule has 0 aliphatic carbocycles. The number of aliphatic hydroxyl groups is 1. The van der Waals surface area contributed by atoms with Gasteiger partial charge < -0.3 is 10.4 Å². The lowest BCUT2D eigenvalue weighted by Gasteiger charge is -2.10. The predicted molar refractivity (Wildman–Crippen MR) is 69.6 cm³/mol. The zero-order chi connectivity index (χ0) is 13.1. The minimum absolute atomic E-state index is 0.194. The van der Waals surface area contributed by atoms with Crippen LogP contribution in [0.5, 0.6) is 0 Å². The molecule has 2 aromatic heterocycles. The van der Waals surface area contributed by atoms with Gasteiger partial charge in [-0.05, 0) is 35.4 Å². The molecular weight excluding hydrogens is 250 g/mol. The Hall–Kier alpha value is -1.66. The van der Waals surface area contributed by atoms with Crippen molar-refractivity contribution in [1.82, 2.24) is 15.1 Å². The number of carbonyl (C=O) groups is 1. The molecule has 2 N–H and O–H groups in total. The number of hydrogen-bond acceptors (Lipinski definition) is 4. The van der Waals surface area contributed by atoms with Crippen molar-refractivity contribution in [3.05, 3.63) is 39.8 Å². The highest BCUT2D eigenvalue weighted by atomic mass is 32.1. The summed E-state index contributed by atoms with van der Waals surface area (Å²) < 4.78 is 1.53. The quantitative estimate of drug-likeness (QED) is 0.874. The normalized spacial score (nSPS) is 12.4. The third-order valence-corrected chi connectivity index (χ3v) is 3.32. The lowest BCUT2D eigenvalue weighted by molar-refractivity contribution is 0.0907. The van der Waals surface area contributed by atoms with Crippen molar-refractivity contribution < 1.29 is 9.90 Å². The van der Waals surface area contributed by atoms with Gasteiger partial charge in [-0.1, -0.05) is 0 Å². The molecule has 2 heterocycles. The Bertz CT molecular complexity index is 534. The first-order valence-electron chi connectivity index (χ1n) is 5.57. The molecule has 6 heteroatoms. The maximum atomic E-state index is 11.9. The van der Waals surface area contributed by atoms with Crippen LogP contribution in [-0.4, -0.2) is 27.3 Å². The molecule has 0 aliphatic heterocycles. The molecular formula is C12H15N3O2S. The van der Waals surface area contributed by atoms with Crippen LogP contribution in [0.3, 0.4) is 0 Å². The number of rotatable bonds is 4. The van der Waals surface area contributed by atoms with Gasteiger partial charge in [-0.2, -0.15) is 16.4 Å². The standard InChI is InChI=1S/C12H15N3O2S/c1-8-5-10(15(2)14-8)12(17)13-6-11(16)9-3-4-18-7-9/h3-5,7,11,16H,6H2,1-2H3,(H,13,17). The first kappa shape index (κ1) is 12.8. The number of aryl methyl sites for hydroxylation is 2. The van der Waals surface area contributed by atoms with Crippen molar-refractivity contribution >= 4 is 17.2 Å². The third kappa shape index (κ3) is 2.77. The SMILES string of the molecule is Cc1cc(C(=O)NCC(O)c2ccsc2)n(C)n1. The molecule has 96 valence electrons. The van der Waals surface area contributed by atoms with Gasteiger partial charge in [-0.3, -0.25) is 9.48 Å². The number of aromatic nitrogens is 2. The van der Waals surface area contributed by atoms with Crippen molar-refractivity contribution in [3.63, 3.8) is 0 Å². The second-order valence-electron chi connectivity index (χ2n) is 4.08. The predicted octanol–water partition coefficient (Wildman–Crippen LogP) is 1.25. The molecule has 0 aromatic carbocycles. The number of nitrogens with zero attached hydrogens (tertiary/aromatic N) is 2. The summed E-state index contributed by atoms with van der Waals surface area (Å²) in [6.45, 7) is 2.02. The highest BCUT2D eigenvalue weighted by Crippen LogP contribution is 2.15. The summed E-state index contributed by atoms with van der Waals surface area (Å²) in [5, 5.41) is 20.4. The fourth-order valence-electron chi connectivity index (χ4n) is 1.69. The Morgan fingerprint density at radius 2 is 2.44 bits per heavy atom. The van der Waals surface area contributed by atoms with Crippen LogP contribution in [0.4, 0.5) is 0 Å². The van der Waals surface area contributed by atoms with E-state index in [9.17, 15) is 9.90 Å². The number of amides is 1. The van der Waals surface area contributed by atoms with Crippen LogP contribution >= 0.6 is 11.3 Å². The van der Waals surface area contributed by atoms with E-state index < -0.39 is 6.10 Å². The second-order valence-corrected chi connectivity index (χ2v) is 4.86. The fourth-order valence-corrected chi connectivity index (χ4v) is 2.39. The van der Waals surface area contributed by atoms with Crippen LogP contribution in [0.15, 0.2) is 22.9 Å². The summed E-state index contributed by atoms with van der Waals surface area (Å²) in [4.78, 5) is 11.9. The molecule has 0 radical (unpaired) electrons. The molecule has 0 spiro atoms. The van der Waals surface area contributed by atoms with Crippen LogP contribution in [0.25, 0.3) is 0 Å². The summed E-state index contributed by atoms with van der Waals surface area (Å²) in [5.74, 6) is -0.229. The summed E-state index contributed by atoms with van der Waals surface area (Å²) >= 11 is 1.52. The molecule has 1 atom stereocenters. The maximum absolute atomic E-state index is 11.9. The number of carbonyl (C=O) groups excluding carboxylic acids is 1. The van der Waals surface area contributed by atoms with Gasteiger partial charge in [-0.25, -0.2) is 0 Å². The number of hydrogen-bond donors (Lipinski definition) is 2. The van der Waals surface area contributed by atoms with Gasteiger partial charge in [0, 0.05) is 13.6 Å². The van der Waals surface area contributed by atoms with Gasteiger partial charge >= 0.3 is 0 Å². The average molecular weight is 265 g/mol. The van der Waals surface area contributed by atoms with Gasteiger partial charge in [0.1, 0.15) is 5.69 Å². The fraction of sp³-hybridized carbons (Fsp3) is 0.333. The summed E-state index contributed by atoms with van der Waals surface area (Å²) in [6, 6.07) is 3.56. The molecule has 1 amide bonds. The molecule has 0 fully saturated rings. The van der Waals surface area contributed by atoms with E-state index in [1.54, 1.807) is 13.1 Å². The average Bonchev–Trinajstić information content (AvgIpc) is 2.95. The monoisotopic (exact) mass is 265 g/mol. The van der Waals surface area contributed by atoms with Gasteiger partial charge in [0.15, 0.2) is 0 Å². The van der Waals surface area contributed by atoms with E-state index in [2.05, 4.69) is 10.4 Å². The topological polar surface area (TPSA) is 67.2 Å². The summed E-state index contributed by atoms with van der Waals surface area (Å²) in [7, 11) is 1.72. The Labute approximate surface area is 109 Å². The van der Waals surface area contributed by atoms with E-state index >= 15 is 0 Å². The van der Waals surface area contributed by atoms with E-state index in [4.69, 9.17) is 0 Å². The van der Waals surface area contributed by atoms with Gasteiger partial charge in [0.2, 0.25) is 0 Å². The van der Waals surface area contributed by atoms with E-state index in [1.165, 1.54) is 16.0 Å². The molecule has 18 heavy (non-hydrogen) atoms. The Morgan fingerprint density at radius 3 is 3.00 bits per heavy atom. The van der Waals surface area contributed by atoms with Gasteiger partial charge in [0.25, 0.3) is 5.91 Å². The number of thiophene rings is 1.